The van der Waals surface area contributed by atoms with E-state index in [0.29, 0.717) is 30.3 Å². The van der Waals surface area contributed by atoms with Crippen LogP contribution in [0.15, 0.2) is 41.2 Å². The number of rotatable bonds is 5. The van der Waals surface area contributed by atoms with Crippen molar-refractivity contribution >= 4 is 23.2 Å². The Morgan fingerprint density at radius 2 is 2.29 bits per heavy atom. The predicted molar refractivity (Wildman–Crippen MR) is 93.2 cm³/mol. The fraction of sp³-hybridized carbons (Fsp3) is 0.389. The number of halogens is 1. The number of carbonyl (C=O) groups excluding carboxylic acids is 1. The van der Waals surface area contributed by atoms with Crippen LogP contribution in [0.5, 0.6) is 0 Å². The van der Waals surface area contributed by atoms with Crippen LogP contribution in [-0.2, 0) is 16.1 Å². The number of amides is 1. The van der Waals surface area contributed by atoms with Gasteiger partial charge in [-0.15, -0.1) is 0 Å². The summed E-state index contributed by atoms with van der Waals surface area (Å²) < 4.78 is 10.7. The van der Waals surface area contributed by atoms with Gasteiger partial charge in [-0.2, -0.15) is 0 Å². The van der Waals surface area contributed by atoms with Gasteiger partial charge in [-0.3, -0.25) is 9.69 Å². The Hall–Kier alpha value is -1.82. The normalized spacial score (nSPS) is 18.5. The van der Waals surface area contributed by atoms with E-state index in [9.17, 15) is 4.79 Å². The monoisotopic (exact) mass is 348 g/mol. The molecule has 0 aliphatic carbocycles. The van der Waals surface area contributed by atoms with Gasteiger partial charge >= 0.3 is 0 Å². The van der Waals surface area contributed by atoms with Gasteiger partial charge in [0.2, 0.25) is 5.91 Å². The fourth-order valence-electron chi connectivity index (χ4n) is 2.80. The maximum Gasteiger partial charge on any atom is 0.226 e. The number of aryl methyl sites for hydroxylation is 1. The quantitative estimate of drug-likeness (QED) is 0.899. The van der Waals surface area contributed by atoms with Crippen molar-refractivity contribution in [2.75, 3.05) is 25.1 Å². The minimum atomic E-state index is -0.0392. The molecular weight excluding hydrogens is 328 g/mol. The molecule has 2 heterocycles. The van der Waals surface area contributed by atoms with E-state index in [-0.39, 0.29) is 11.9 Å². The van der Waals surface area contributed by atoms with Gasteiger partial charge in [0, 0.05) is 41.8 Å². The molecule has 1 aromatic carbocycles. The molecule has 6 heteroatoms. The highest BCUT2D eigenvalue weighted by Gasteiger charge is 2.25. The van der Waals surface area contributed by atoms with E-state index in [1.807, 2.05) is 25.1 Å². The van der Waals surface area contributed by atoms with E-state index >= 15 is 0 Å². The molecule has 0 spiro atoms. The summed E-state index contributed by atoms with van der Waals surface area (Å²) in [7, 11) is 0. The second-order valence-electron chi connectivity index (χ2n) is 6.05. The first kappa shape index (κ1) is 17.0. The highest BCUT2D eigenvalue weighted by atomic mass is 35.5. The molecule has 0 saturated carbocycles. The van der Waals surface area contributed by atoms with Crippen molar-refractivity contribution in [1.82, 2.24) is 4.90 Å². The van der Waals surface area contributed by atoms with Crippen molar-refractivity contribution in [3.8, 4) is 0 Å². The SMILES string of the molecule is Cc1ccc(NC(=O)CC2COCCN2Cc2ccoc2)cc1Cl. The Labute approximate surface area is 146 Å². The number of nitrogens with zero attached hydrogens (tertiary/aromatic N) is 1. The lowest BCUT2D eigenvalue weighted by atomic mass is 10.1. The van der Waals surface area contributed by atoms with Crippen molar-refractivity contribution in [2.24, 2.45) is 0 Å². The first-order chi connectivity index (χ1) is 11.6. The Kier molecular flexibility index (Phi) is 5.56. The van der Waals surface area contributed by atoms with E-state index in [4.69, 9.17) is 20.8 Å². The summed E-state index contributed by atoms with van der Waals surface area (Å²) in [6.45, 7) is 4.73. The Morgan fingerprint density at radius 1 is 1.42 bits per heavy atom. The molecule has 24 heavy (non-hydrogen) atoms. The first-order valence-corrected chi connectivity index (χ1v) is 8.38. The number of hydrogen-bond acceptors (Lipinski definition) is 4. The van der Waals surface area contributed by atoms with Crippen LogP contribution >= 0.6 is 11.6 Å². The molecule has 1 aliphatic heterocycles. The molecule has 5 nitrogen and oxygen atoms in total. The second kappa shape index (κ2) is 7.83. The lowest BCUT2D eigenvalue weighted by Crippen LogP contribution is -2.46. The van der Waals surface area contributed by atoms with Gasteiger partial charge in [0.15, 0.2) is 0 Å². The lowest BCUT2D eigenvalue weighted by molar-refractivity contribution is -0.119. The highest BCUT2D eigenvalue weighted by Crippen LogP contribution is 2.21. The summed E-state index contributed by atoms with van der Waals surface area (Å²) in [6, 6.07) is 7.53. The Bertz CT molecular complexity index is 688. The summed E-state index contributed by atoms with van der Waals surface area (Å²) in [5.74, 6) is -0.0392. The molecule has 1 amide bonds. The van der Waals surface area contributed by atoms with Gasteiger partial charge in [-0.1, -0.05) is 17.7 Å². The van der Waals surface area contributed by atoms with Crippen LogP contribution in [0.25, 0.3) is 0 Å². The first-order valence-electron chi connectivity index (χ1n) is 8.00. The summed E-state index contributed by atoms with van der Waals surface area (Å²) in [5, 5.41) is 3.56. The average Bonchev–Trinajstić information content (AvgIpc) is 3.06. The Balaban J connectivity index is 1.59. The van der Waals surface area contributed by atoms with Gasteiger partial charge in [0.05, 0.1) is 25.7 Å². The van der Waals surface area contributed by atoms with Crippen molar-refractivity contribution < 1.29 is 13.9 Å². The van der Waals surface area contributed by atoms with E-state index in [0.717, 1.165) is 24.2 Å². The third-order valence-electron chi connectivity index (χ3n) is 4.19. The topological polar surface area (TPSA) is 54.7 Å². The average molecular weight is 349 g/mol. The van der Waals surface area contributed by atoms with Crippen molar-refractivity contribution in [3.05, 3.63) is 52.9 Å². The number of carbonyl (C=O) groups is 1. The molecule has 1 saturated heterocycles. The van der Waals surface area contributed by atoms with E-state index in [1.165, 1.54) is 0 Å². The lowest BCUT2D eigenvalue weighted by Gasteiger charge is -2.35. The zero-order chi connectivity index (χ0) is 16.9. The third-order valence-corrected chi connectivity index (χ3v) is 4.60. The van der Waals surface area contributed by atoms with Crippen LogP contribution in [0.1, 0.15) is 17.5 Å². The van der Waals surface area contributed by atoms with Crippen LogP contribution in [-0.4, -0.2) is 36.6 Å². The molecular formula is C18H21ClN2O3. The minimum absolute atomic E-state index is 0.0392. The van der Waals surface area contributed by atoms with Gasteiger partial charge in [-0.25, -0.2) is 0 Å². The van der Waals surface area contributed by atoms with Gasteiger partial charge in [-0.05, 0) is 30.7 Å². The number of anilines is 1. The molecule has 128 valence electrons. The number of hydrogen-bond donors (Lipinski definition) is 1. The van der Waals surface area contributed by atoms with Crippen molar-refractivity contribution in [3.63, 3.8) is 0 Å². The van der Waals surface area contributed by atoms with E-state index in [2.05, 4.69) is 10.2 Å². The predicted octanol–water partition coefficient (Wildman–Crippen LogP) is 3.47. The second-order valence-corrected chi connectivity index (χ2v) is 6.45. The van der Waals surface area contributed by atoms with Gasteiger partial charge < -0.3 is 14.5 Å². The molecule has 1 aromatic heterocycles. The maximum absolute atomic E-state index is 12.4. The molecule has 1 fully saturated rings. The van der Waals surface area contributed by atoms with Crippen LogP contribution < -0.4 is 5.32 Å². The van der Waals surface area contributed by atoms with E-state index in [1.54, 1.807) is 18.6 Å². The summed E-state index contributed by atoms with van der Waals surface area (Å²) in [4.78, 5) is 14.6. The Morgan fingerprint density at radius 3 is 3.04 bits per heavy atom. The summed E-state index contributed by atoms with van der Waals surface area (Å²) >= 11 is 6.10. The number of ether oxygens (including phenoxy) is 1. The van der Waals surface area contributed by atoms with Crippen LogP contribution in [0.4, 0.5) is 5.69 Å². The summed E-state index contributed by atoms with van der Waals surface area (Å²) in [6.07, 6.45) is 3.78. The minimum Gasteiger partial charge on any atom is -0.472 e. The third kappa shape index (κ3) is 4.38. The molecule has 1 atom stereocenters. The largest absolute Gasteiger partial charge is 0.472 e. The smallest absolute Gasteiger partial charge is 0.226 e. The fourth-order valence-corrected chi connectivity index (χ4v) is 2.98. The molecule has 0 radical (unpaired) electrons. The molecule has 1 aliphatic rings. The highest BCUT2D eigenvalue weighted by molar-refractivity contribution is 6.31. The van der Waals surface area contributed by atoms with Crippen LogP contribution in [0, 0.1) is 6.92 Å². The standard InChI is InChI=1S/C18H21ClN2O3/c1-13-2-3-15(8-17(13)19)20-18(22)9-16-12-24-7-5-21(16)10-14-4-6-23-11-14/h2-4,6,8,11,16H,5,7,9-10,12H2,1H3,(H,20,22). The molecule has 1 N–H and O–H groups in total. The number of benzene rings is 1. The summed E-state index contributed by atoms with van der Waals surface area (Å²) in [5.41, 5.74) is 2.81. The number of furan rings is 1. The van der Waals surface area contributed by atoms with E-state index < -0.39 is 0 Å². The van der Waals surface area contributed by atoms with Crippen molar-refractivity contribution in [2.45, 2.75) is 25.9 Å². The molecule has 1 unspecified atom stereocenters. The zero-order valence-electron chi connectivity index (χ0n) is 13.6. The van der Waals surface area contributed by atoms with Crippen molar-refractivity contribution in [1.29, 1.82) is 0 Å². The van der Waals surface area contributed by atoms with Crippen LogP contribution in [0.3, 0.4) is 0 Å². The zero-order valence-corrected chi connectivity index (χ0v) is 14.4. The molecule has 2 aromatic rings. The number of nitrogens with one attached hydrogen (secondary N) is 1. The maximum atomic E-state index is 12.4. The van der Waals surface area contributed by atoms with Gasteiger partial charge in [0.1, 0.15) is 0 Å². The molecule has 3 rings (SSSR count). The van der Waals surface area contributed by atoms with Gasteiger partial charge in [0.25, 0.3) is 0 Å². The van der Waals surface area contributed by atoms with Crippen LogP contribution in [0.2, 0.25) is 5.02 Å². The molecule has 0 bridgehead atoms. The number of morpholine rings is 1.